The fourth-order valence-electron chi connectivity index (χ4n) is 3.92. The molecule has 2 aromatic rings. The molecule has 5 heteroatoms. The minimum atomic E-state index is -4.38. The number of hydrogen-bond donors (Lipinski definition) is 1. The van der Waals surface area contributed by atoms with E-state index in [1.807, 2.05) is 37.3 Å². The van der Waals surface area contributed by atoms with Gasteiger partial charge in [0, 0.05) is 18.9 Å². The molecular weight excluding hydrogens is 351 g/mol. The summed E-state index contributed by atoms with van der Waals surface area (Å²) >= 11 is 0. The molecule has 1 fully saturated rings. The number of hydrogen-bond acceptors (Lipinski definition) is 2. The summed E-state index contributed by atoms with van der Waals surface area (Å²) in [5, 5.41) is 11.7. The van der Waals surface area contributed by atoms with Gasteiger partial charge in [0.05, 0.1) is 11.2 Å². The molecule has 1 heterocycles. The maximum absolute atomic E-state index is 12.9. The Hall–Kier alpha value is -1.85. The number of nitrogens with zero attached hydrogens (tertiary/aromatic N) is 1. The second-order valence-corrected chi connectivity index (χ2v) is 7.57. The Morgan fingerprint density at radius 3 is 2.04 bits per heavy atom. The first-order valence-corrected chi connectivity index (χ1v) is 9.45. The number of alkyl halides is 3. The van der Waals surface area contributed by atoms with Crippen LogP contribution in [0.3, 0.4) is 0 Å². The molecule has 1 saturated heterocycles. The molecule has 0 amide bonds. The third kappa shape index (κ3) is 4.71. The Balaban J connectivity index is 1.90. The summed E-state index contributed by atoms with van der Waals surface area (Å²) in [6, 6.07) is 14.6. The van der Waals surface area contributed by atoms with Crippen LogP contribution >= 0.6 is 0 Å². The molecule has 27 heavy (non-hydrogen) atoms. The Morgan fingerprint density at radius 1 is 0.926 bits per heavy atom. The van der Waals surface area contributed by atoms with Crippen LogP contribution in [0.4, 0.5) is 13.2 Å². The number of aliphatic hydroxyl groups is 1. The zero-order chi connectivity index (χ0) is 19.5. The van der Waals surface area contributed by atoms with Crippen LogP contribution in [-0.2, 0) is 18.2 Å². The predicted molar refractivity (Wildman–Crippen MR) is 100 cm³/mol. The number of rotatable bonds is 6. The molecule has 2 aromatic carbocycles. The Bertz CT molecular complexity index is 723. The molecule has 0 aliphatic carbocycles. The van der Waals surface area contributed by atoms with Gasteiger partial charge in [0.15, 0.2) is 0 Å². The summed E-state index contributed by atoms with van der Waals surface area (Å²) in [7, 11) is 0. The van der Waals surface area contributed by atoms with Crippen molar-refractivity contribution in [3.8, 4) is 0 Å². The van der Waals surface area contributed by atoms with E-state index in [0.29, 0.717) is 12.0 Å². The lowest BCUT2D eigenvalue weighted by molar-refractivity contribution is -0.137. The van der Waals surface area contributed by atoms with Gasteiger partial charge < -0.3 is 10.0 Å². The standard InChI is InChI=1S/C22H26F3NO/c1-17(16-26-13-5-6-14-26)21(27,15-18-7-3-2-4-8-18)19-9-11-20(12-10-19)22(23,24)25/h2-4,7-12,17,27H,5-6,13-16H2,1H3. The number of benzene rings is 2. The summed E-state index contributed by atoms with van der Waals surface area (Å²) < 4.78 is 38.8. The van der Waals surface area contributed by atoms with Crippen LogP contribution in [0.5, 0.6) is 0 Å². The van der Waals surface area contributed by atoms with Gasteiger partial charge in [0.2, 0.25) is 0 Å². The molecule has 0 radical (unpaired) electrons. The Labute approximate surface area is 158 Å². The summed E-state index contributed by atoms with van der Waals surface area (Å²) in [6.07, 6.45) is -1.69. The quantitative estimate of drug-likeness (QED) is 0.777. The third-order valence-electron chi connectivity index (χ3n) is 5.57. The molecular formula is C22H26F3NO. The van der Waals surface area contributed by atoms with Crippen molar-refractivity contribution in [2.45, 2.75) is 38.0 Å². The zero-order valence-electron chi connectivity index (χ0n) is 15.5. The van der Waals surface area contributed by atoms with Crippen molar-refractivity contribution >= 4 is 0 Å². The van der Waals surface area contributed by atoms with Gasteiger partial charge in [-0.25, -0.2) is 0 Å². The van der Waals surface area contributed by atoms with Crippen molar-refractivity contribution in [3.05, 3.63) is 71.3 Å². The molecule has 1 aliphatic heterocycles. The highest BCUT2D eigenvalue weighted by atomic mass is 19.4. The molecule has 3 rings (SSSR count). The molecule has 0 bridgehead atoms. The highest BCUT2D eigenvalue weighted by Crippen LogP contribution is 2.37. The van der Waals surface area contributed by atoms with E-state index in [1.54, 1.807) is 0 Å². The minimum Gasteiger partial charge on any atom is -0.384 e. The molecule has 0 aromatic heterocycles. The average Bonchev–Trinajstić information content (AvgIpc) is 3.15. The van der Waals surface area contributed by atoms with Crippen molar-refractivity contribution < 1.29 is 18.3 Å². The van der Waals surface area contributed by atoms with Gasteiger partial charge in [-0.15, -0.1) is 0 Å². The van der Waals surface area contributed by atoms with Crippen molar-refractivity contribution in [1.82, 2.24) is 4.90 Å². The largest absolute Gasteiger partial charge is 0.416 e. The van der Waals surface area contributed by atoms with Crippen molar-refractivity contribution in [2.24, 2.45) is 5.92 Å². The molecule has 2 atom stereocenters. The maximum Gasteiger partial charge on any atom is 0.416 e. The summed E-state index contributed by atoms with van der Waals surface area (Å²) in [5.74, 6) is -0.118. The minimum absolute atomic E-state index is 0.118. The fourth-order valence-corrected chi connectivity index (χ4v) is 3.92. The topological polar surface area (TPSA) is 23.5 Å². The molecule has 0 spiro atoms. The van der Waals surface area contributed by atoms with Crippen LogP contribution < -0.4 is 0 Å². The van der Waals surface area contributed by atoms with E-state index in [2.05, 4.69) is 4.90 Å². The van der Waals surface area contributed by atoms with Gasteiger partial charge in [-0.3, -0.25) is 0 Å². The van der Waals surface area contributed by atoms with Gasteiger partial charge in [-0.2, -0.15) is 13.2 Å². The Morgan fingerprint density at radius 2 is 1.48 bits per heavy atom. The summed E-state index contributed by atoms with van der Waals surface area (Å²) in [6.45, 7) is 4.74. The predicted octanol–water partition coefficient (Wildman–Crippen LogP) is 4.87. The summed E-state index contributed by atoms with van der Waals surface area (Å²) in [5.41, 5.74) is -0.423. The lowest BCUT2D eigenvalue weighted by atomic mass is 9.77. The normalized spacial score (nSPS) is 19.0. The van der Waals surface area contributed by atoms with E-state index in [0.717, 1.165) is 50.2 Å². The van der Waals surface area contributed by atoms with E-state index in [-0.39, 0.29) is 5.92 Å². The van der Waals surface area contributed by atoms with Gasteiger partial charge in [0.25, 0.3) is 0 Å². The molecule has 1 N–H and O–H groups in total. The van der Waals surface area contributed by atoms with Crippen molar-refractivity contribution in [2.75, 3.05) is 19.6 Å². The van der Waals surface area contributed by atoms with Crippen molar-refractivity contribution in [1.29, 1.82) is 0 Å². The van der Waals surface area contributed by atoms with Crippen molar-refractivity contribution in [3.63, 3.8) is 0 Å². The first-order chi connectivity index (χ1) is 12.8. The first kappa shape index (κ1) is 19.9. The van der Waals surface area contributed by atoms with Crippen LogP contribution in [0, 0.1) is 5.92 Å². The third-order valence-corrected chi connectivity index (χ3v) is 5.57. The lowest BCUT2D eigenvalue weighted by Gasteiger charge is -2.37. The molecule has 146 valence electrons. The van der Waals surface area contributed by atoms with Crippen LogP contribution in [0.1, 0.15) is 36.5 Å². The maximum atomic E-state index is 12.9. The van der Waals surface area contributed by atoms with Gasteiger partial charge in [-0.05, 0) is 49.2 Å². The average molecular weight is 377 g/mol. The van der Waals surface area contributed by atoms with Gasteiger partial charge in [0.1, 0.15) is 0 Å². The Kier molecular flexibility index (Phi) is 5.92. The molecule has 1 aliphatic rings. The first-order valence-electron chi connectivity index (χ1n) is 9.45. The molecule has 2 unspecified atom stereocenters. The number of likely N-dealkylation sites (tertiary alicyclic amines) is 1. The molecule has 0 saturated carbocycles. The van der Waals surface area contributed by atoms with Crippen LogP contribution in [-0.4, -0.2) is 29.6 Å². The fraction of sp³-hybridized carbons (Fsp3) is 0.455. The van der Waals surface area contributed by atoms with E-state index in [9.17, 15) is 18.3 Å². The highest BCUT2D eigenvalue weighted by Gasteiger charge is 2.38. The summed E-state index contributed by atoms with van der Waals surface area (Å²) in [4.78, 5) is 2.32. The lowest BCUT2D eigenvalue weighted by Crippen LogP contribution is -2.42. The van der Waals surface area contributed by atoms with Gasteiger partial charge in [-0.1, -0.05) is 49.4 Å². The van der Waals surface area contributed by atoms with Crippen LogP contribution in [0.25, 0.3) is 0 Å². The van der Waals surface area contributed by atoms with E-state index >= 15 is 0 Å². The smallest absolute Gasteiger partial charge is 0.384 e. The monoisotopic (exact) mass is 377 g/mol. The van der Waals surface area contributed by atoms with Crippen LogP contribution in [0.15, 0.2) is 54.6 Å². The highest BCUT2D eigenvalue weighted by molar-refractivity contribution is 5.32. The zero-order valence-corrected chi connectivity index (χ0v) is 15.5. The van der Waals surface area contributed by atoms with Gasteiger partial charge >= 0.3 is 6.18 Å². The van der Waals surface area contributed by atoms with E-state index < -0.39 is 17.3 Å². The van der Waals surface area contributed by atoms with E-state index in [1.165, 1.54) is 12.1 Å². The molecule has 2 nitrogen and oxygen atoms in total. The second kappa shape index (κ2) is 8.03. The van der Waals surface area contributed by atoms with Crippen LogP contribution in [0.2, 0.25) is 0 Å². The SMILES string of the molecule is CC(CN1CCCC1)C(O)(Cc1ccccc1)c1ccc(C(F)(F)F)cc1. The number of halogens is 3. The second-order valence-electron chi connectivity index (χ2n) is 7.57. The van der Waals surface area contributed by atoms with E-state index in [4.69, 9.17) is 0 Å².